The van der Waals surface area contributed by atoms with Crippen molar-refractivity contribution in [3.63, 3.8) is 0 Å². The number of hydrogen-bond acceptors (Lipinski definition) is 8. The summed E-state index contributed by atoms with van der Waals surface area (Å²) in [5.74, 6) is -0.663. The molecule has 9 heteroatoms. The molecule has 0 aliphatic heterocycles. The number of aryl methyl sites for hydroxylation is 1. The van der Waals surface area contributed by atoms with E-state index in [0.717, 1.165) is 5.69 Å². The second-order valence-corrected chi connectivity index (χ2v) is 5.14. The van der Waals surface area contributed by atoms with Crippen LogP contribution in [-0.2, 0) is 16.0 Å². The molecular weight excluding hydrogens is 294 g/mol. The van der Waals surface area contributed by atoms with Crippen LogP contribution in [0.4, 0.5) is 0 Å². The molecule has 0 fully saturated rings. The number of rotatable bonds is 8. The topological polar surface area (TPSA) is 162 Å². The molecule has 0 bridgehead atoms. The quantitative estimate of drug-likeness (QED) is 0.289. The second kappa shape index (κ2) is 7.65. The van der Waals surface area contributed by atoms with Gasteiger partial charge in [0, 0.05) is 18.3 Å². The Balaban J connectivity index is 2.80. The van der Waals surface area contributed by atoms with Crippen LogP contribution in [0.25, 0.3) is 0 Å². The number of aromatic nitrogens is 2. The number of aliphatic hydroxyl groups excluding tert-OH is 4. The number of aliphatic hydroxyl groups is 4. The third-order valence-corrected chi connectivity index (χ3v) is 3.32. The molecule has 0 aromatic carbocycles. The number of carbonyl (C=O) groups excluding carboxylic acids is 1. The first-order chi connectivity index (χ1) is 10.3. The van der Waals surface area contributed by atoms with E-state index in [1.165, 1.54) is 6.92 Å². The minimum Gasteiger partial charge on any atom is -0.464 e. The molecule has 0 radical (unpaired) electrons. The van der Waals surface area contributed by atoms with E-state index in [9.17, 15) is 25.2 Å². The van der Waals surface area contributed by atoms with E-state index in [4.69, 9.17) is 5.73 Å². The molecule has 126 valence electrons. The van der Waals surface area contributed by atoms with Gasteiger partial charge in [0.15, 0.2) is 5.54 Å². The fraction of sp³-hybridized carbons (Fsp3) is 0.692. The van der Waals surface area contributed by atoms with Gasteiger partial charge in [0.25, 0.3) is 0 Å². The molecule has 1 rings (SSSR count). The van der Waals surface area contributed by atoms with Gasteiger partial charge in [-0.3, -0.25) is 0 Å². The lowest BCUT2D eigenvalue weighted by Gasteiger charge is -2.34. The molecule has 22 heavy (non-hydrogen) atoms. The van der Waals surface area contributed by atoms with E-state index in [-0.39, 0.29) is 13.0 Å². The Morgan fingerprint density at radius 1 is 1.50 bits per heavy atom. The van der Waals surface area contributed by atoms with Crippen LogP contribution in [0.3, 0.4) is 0 Å². The molecule has 0 amide bonds. The van der Waals surface area contributed by atoms with Crippen molar-refractivity contribution in [3.8, 4) is 0 Å². The predicted molar refractivity (Wildman–Crippen MR) is 75.7 cm³/mol. The Morgan fingerprint density at radius 3 is 2.59 bits per heavy atom. The summed E-state index contributed by atoms with van der Waals surface area (Å²) in [7, 11) is 0. The van der Waals surface area contributed by atoms with Crippen LogP contribution in [0.2, 0.25) is 0 Å². The standard InChI is InChI=1S/C13H23N3O6/c1-3-22-12(21)13(14,6-17)11(20)10(19)8(18)4-9-15-5-7(2)16-9/h5,8,10-11,17-20H,3-4,6,14H2,1-2H3,(H,15,16). The van der Waals surface area contributed by atoms with E-state index in [2.05, 4.69) is 14.7 Å². The molecule has 4 atom stereocenters. The first-order valence-corrected chi connectivity index (χ1v) is 6.87. The lowest BCUT2D eigenvalue weighted by atomic mass is 9.87. The Bertz CT molecular complexity index is 494. The summed E-state index contributed by atoms with van der Waals surface area (Å²) < 4.78 is 4.68. The fourth-order valence-corrected chi connectivity index (χ4v) is 1.95. The minimum absolute atomic E-state index is 0.00513. The van der Waals surface area contributed by atoms with E-state index < -0.39 is 36.4 Å². The van der Waals surface area contributed by atoms with Crippen LogP contribution >= 0.6 is 0 Å². The highest BCUT2D eigenvalue weighted by Crippen LogP contribution is 2.17. The molecule has 1 aromatic heterocycles. The first kappa shape index (κ1) is 18.5. The summed E-state index contributed by atoms with van der Waals surface area (Å²) in [4.78, 5) is 18.6. The zero-order valence-electron chi connectivity index (χ0n) is 12.6. The van der Waals surface area contributed by atoms with Gasteiger partial charge in [0.2, 0.25) is 0 Å². The normalized spacial score (nSPS) is 18.3. The summed E-state index contributed by atoms with van der Waals surface area (Å²) in [6.45, 7) is 2.35. The van der Waals surface area contributed by atoms with Gasteiger partial charge in [-0.05, 0) is 13.8 Å². The SMILES string of the molecule is CCOC(=O)C(N)(CO)C(O)C(O)C(O)Cc1ncc(C)[nH]1. The van der Waals surface area contributed by atoms with Crippen LogP contribution in [0.15, 0.2) is 6.20 Å². The summed E-state index contributed by atoms with van der Waals surface area (Å²) in [6, 6.07) is 0. The van der Waals surface area contributed by atoms with Gasteiger partial charge >= 0.3 is 5.97 Å². The van der Waals surface area contributed by atoms with Crippen molar-refractivity contribution in [2.24, 2.45) is 5.73 Å². The van der Waals surface area contributed by atoms with Crippen molar-refractivity contribution in [1.82, 2.24) is 9.97 Å². The molecule has 4 unspecified atom stereocenters. The monoisotopic (exact) mass is 317 g/mol. The van der Waals surface area contributed by atoms with Gasteiger partial charge < -0.3 is 35.9 Å². The van der Waals surface area contributed by atoms with Crippen molar-refractivity contribution in [3.05, 3.63) is 17.7 Å². The number of aromatic amines is 1. The van der Waals surface area contributed by atoms with Crippen LogP contribution in [0.1, 0.15) is 18.4 Å². The maximum Gasteiger partial charge on any atom is 0.331 e. The van der Waals surface area contributed by atoms with Gasteiger partial charge in [-0.1, -0.05) is 0 Å². The Morgan fingerprint density at radius 2 is 2.14 bits per heavy atom. The highest BCUT2D eigenvalue weighted by Gasteiger charge is 2.47. The molecule has 9 nitrogen and oxygen atoms in total. The van der Waals surface area contributed by atoms with E-state index in [1.54, 1.807) is 13.1 Å². The average Bonchev–Trinajstić information content (AvgIpc) is 2.89. The number of carbonyl (C=O) groups is 1. The molecule has 0 saturated heterocycles. The third kappa shape index (κ3) is 4.02. The number of nitrogens with two attached hydrogens (primary N) is 1. The molecule has 1 aromatic rings. The highest BCUT2D eigenvalue weighted by atomic mass is 16.5. The van der Waals surface area contributed by atoms with Crippen LogP contribution < -0.4 is 5.73 Å². The maximum absolute atomic E-state index is 11.7. The first-order valence-electron chi connectivity index (χ1n) is 6.87. The summed E-state index contributed by atoms with van der Waals surface area (Å²) in [5, 5.41) is 39.3. The predicted octanol–water partition coefficient (Wildman–Crippen LogP) is -2.40. The lowest BCUT2D eigenvalue weighted by molar-refractivity contribution is -0.165. The molecule has 7 N–H and O–H groups in total. The Kier molecular flexibility index (Phi) is 6.45. The van der Waals surface area contributed by atoms with E-state index in [1.807, 2.05) is 0 Å². The van der Waals surface area contributed by atoms with Crippen molar-refractivity contribution < 1.29 is 30.0 Å². The number of H-pyrrole nitrogens is 1. The van der Waals surface area contributed by atoms with Gasteiger partial charge in [-0.2, -0.15) is 0 Å². The van der Waals surface area contributed by atoms with Crippen molar-refractivity contribution in [2.75, 3.05) is 13.2 Å². The minimum atomic E-state index is -2.23. The zero-order valence-corrected chi connectivity index (χ0v) is 12.6. The molecule has 1 heterocycles. The van der Waals surface area contributed by atoms with Crippen LogP contribution in [-0.4, -0.2) is 73.4 Å². The number of nitrogens with zero attached hydrogens (tertiary/aromatic N) is 1. The molecule has 0 aliphatic carbocycles. The van der Waals surface area contributed by atoms with Gasteiger partial charge in [0.1, 0.15) is 18.0 Å². The number of esters is 1. The van der Waals surface area contributed by atoms with Crippen LogP contribution in [0, 0.1) is 6.92 Å². The summed E-state index contributed by atoms with van der Waals surface area (Å²) in [6.07, 6.45) is -3.67. The number of ether oxygens (including phenoxy) is 1. The van der Waals surface area contributed by atoms with Gasteiger partial charge in [-0.15, -0.1) is 0 Å². The summed E-state index contributed by atoms with van der Waals surface area (Å²) in [5.41, 5.74) is 4.18. The highest BCUT2D eigenvalue weighted by molar-refractivity contribution is 5.81. The average molecular weight is 317 g/mol. The van der Waals surface area contributed by atoms with Crippen molar-refractivity contribution in [2.45, 2.75) is 44.1 Å². The van der Waals surface area contributed by atoms with Crippen LogP contribution in [0.5, 0.6) is 0 Å². The summed E-state index contributed by atoms with van der Waals surface area (Å²) >= 11 is 0. The van der Waals surface area contributed by atoms with Crippen molar-refractivity contribution >= 4 is 5.97 Å². The number of nitrogens with one attached hydrogen (secondary N) is 1. The molecular formula is C13H23N3O6. The van der Waals surface area contributed by atoms with Gasteiger partial charge in [0.05, 0.1) is 19.3 Å². The maximum atomic E-state index is 11.7. The van der Waals surface area contributed by atoms with Crippen molar-refractivity contribution in [1.29, 1.82) is 0 Å². The third-order valence-electron chi connectivity index (χ3n) is 3.32. The second-order valence-electron chi connectivity index (χ2n) is 5.14. The zero-order chi connectivity index (χ0) is 16.9. The Hall–Kier alpha value is -1.52. The largest absolute Gasteiger partial charge is 0.464 e. The number of imidazole rings is 1. The van der Waals surface area contributed by atoms with E-state index >= 15 is 0 Å². The fourth-order valence-electron chi connectivity index (χ4n) is 1.95. The smallest absolute Gasteiger partial charge is 0.331 e. The lowest BCUT2D eigenvalue weighted by Crippen LogP contribution is -2.66. The number of hydrogen-bond donors (Lipinski definition) is 6. The molecule has 0 saturated carbocycles. The van der Waals surface area contributed by atoms with E-state index in [0.29, 0.717) is 5.82 Å². The van der Waals surface area contributed by atoms with Gasteiger partial charge in [-0.25, -0.2) is 9.78 Å². The molecule has 0 aliphatic rings. The Labute approximate surface area is 127 Å². The molecule has 0 spiro atoms.